The molecule has 0 aliphatic heterocycles. The van der Waals surface area contributed by atoms with E-state index in [-0.39, 0.29) is 17.5 Å². The number of nitriles is 1. The number of hydrogen-bond acceptors (Lipinski definition) is 4. The molecule has 5 nitrogen and oxygen atoms in total. The summed E-state index contributed by atoms with van der Waals surface area (Å²) in [6, 6.07) is 27.4. The Labute approximate surface area is 187 Å². The number of nitrogens with one attached hydrogen (secondary N) is 1. The van der Waals surface area contributed by atoms with Crippen LogP contribution in [0.15, 0.2) is 84.4 Å². The zero-order valence-electron chi connectivity index (χ0n) is 17.7. The molecule has 1 aliphatic carbocycles. The molecule has 160 valence electrons. The van der Waals surface area contributed by atoms with Crippen LogP contribution in [0.25, 0.3) is 6.08 Å². The van der Waals surface area contributed by atoms with Crippen LogP contribution in [-0.4, -0.2) is 11.9 Å². The second-order valence-electron chi connectivity index (χ2n) is 7.67. The third-order valence-corrected chi connectivity index (χ3v) is 5.03. The predicted molar refractivity (Wildman–Crippen MR) is 123 cm³/mol. The zero-order chi connectivity index (χ0) is 22.2. The first-order valence-corrected chi connectivity index (χ1v) is 10.6. The molecule has 0 heterocycles. The fourth-order valence-corrected chi connectivity index (χ4v) is 3.12. The number of benzene rings is 3. The van der Waals surface area contributed by atoms with E-state index in [4.69, 9.17) is 9.47 Å². The molecule has 0 aromatic heterocycles. The number of carbonyl (C=O) groups is 1. The molecule has 0 saturated heterocycles. The normalized spacial score (nSPS) is 13.2. The molecule has 1 amide bonds. The van der Waals surface area contributed by atoms with Gasteiger partial charge in [0.1, 0.15) is 24.9 Å². The number of ether oxygens (including phenoxy) is 2. The SMILES string of the molecule is N#C/C(=C\c1ccc(OCc2ccccc2)c(OCc2ccccc2)c1)C(=O)NC1CC1. The molecule has 3 aromatic rings. The summed E-state index contributed by atoms with van der Waals surface area (Å²) < 4.78 is 12.1. The maximum atomic E-state index is 12.3. The van der Waals surface area contributed by atoms with E-state index in [1.807, 2.05) is 78.9 Å². The Kier molecular flexibility index (Phi) is 6.84. The molecule has 0 bridgehead atoms. The Morgan fingerprint density at radius 2 is 1.50 bits per heavy atom. The van der Waals surface area contributed by atoms with Crippen LogP contribution in [0, 0.1) is 11.3 Å². The molecule has 32 heavy (non-hydrogen) atoms. The Hall–Kier alpha value is -4.04. The van der Waals surface area contributed by atoms with Crippen molar-refractivity contribution in [1.29, 1.82) is 5.26 Å². The molecule has 0 unspecified atom stereocenters. The highest BCUT2D eigenvalue weighted by Gasteiger charge is 2.24. The van der Waals surface area contributed by atoms with Crippen LogP contribution >= 0.6 is 0 Å². The molecule has 3 aromatic carbocycles. The van der Waals surface area contributed by atoms with Gasteiger partial charge in [0.05, 0.1) is 0 Å². The van der Waals surface area contributed by atoms with Gasteiger partial charge in [-0.1, -0.05) is 66.7 Å². The van der Waals surface area contributed by atoms with Crippen LogP contribution in [-0.2, 0) is 18.0 Å². The van der Waals surface area contributed by atoms with Gasteiger partial charge in [-0.2, -0.15) is 5.26 Å². The summed E-state index contributed by atoms with van der Waals surface area (Å²) in [6.07, 6.45) is 3.51. The van der Waals surface area contributed by atoms with Crippen molar-refractivity contribution < 1.29 is 14.3 Å². The summed E-state index contributed by atoms with van der Waals surface area (Å²) in [5.41, 5.74) is 2.85. The summed E-state index contributed by atoms with van der Waals surface area (Å²) in [5.74, 6) is 0.812. The summed E-state index contributed by atoms with van der Waals surface area (Å²) in [4.78, 5) is 12.3. The monoisotopic (exact) mass is 424 g/mol. The first kappa shape index (κ1) is 21.2. The lowest BCUT2D eigenvalue weighted by Crippen LogP contribution is -2.26. The topological polar surface area (TPSA) is 71.3 Å². The number of carbonyl (C=O) groups excluding carboxylic acids is 1. The molecule has 1 aliphatic rings. The quantitative estimate of drug-likeness (QED) is 0.386. The van der Waals surface area contributed by atoms with Crippen molar-refractivity contribution in [3.8, 4) is 17.6 Å². The molecule has 5 heteroatoms. The average Bonchev–Trinajstić information content (AvgIpc) is 3.65. The van der Waals surface area contributed by atoms with Crippen molar-refractivity contribution in [3.05, 3.63) is 101 Å². The van der Waals surface area contributed by atoms with Gasteiger partial charge < -0.3 is 14.8 Å². The van der Waals surface area contributed by atoms with Crippen molar-refractivity contribution >= 4 is 12.0 Å². The van der Waals surface area contributed by atoms with Gasteiger partial charge in [-0.3, -0.25) is 4.79 Å². The van der Waals surface area contributed by atoms with Crippen molar-refractivity contribution in [1.82, 2.24) is 5.32 Å². The molecular weight excluding hydrogens is 400 g/mol. The number of hydrogen-bond donors (Lipinski definition) is 1. The van der Waals surface area contributed by atoms with E-state index < -0.39 is 0 Å². The minimum atomic E-state index is -0.342. The lowest BCUT2D eigenvalue weighted by molar-refractivity contribution is -0.117. The predicted octanol–water partition coefficient (Wildman–Crippen LogP) is 5.03. The Balaban J connectivity index is 1.55. The standard InChI is InChI=1S/C27H24N2O3/c28-17-23(27(30)29-24-12-13-24)15-22-11-14-25(31-18-20-7-3-1-4-8-20)26(16-22)32-19-21-9-5-2-6-10-21/h1-11,14-16,24H,12-13,18-19H2,(H,29,30)/b23-15+. The second-order valence-corrected chi connectivity index (χ2v) is 7.67. The van der Waals surface area contributed by atoms with Crippen LogP contribution < -0.4 is 14.8 Å². The first-order valence-electron chi connectivity index (χ1n) is 10.6. The molecule has 0 spiro atoms. The van der Waals surface area contributed by atoms with E-state index in [1.54, 1.807) is 12.1 Å². The molecule has 0 radical (unpaired) electrons. The smallest absolute Gasteiger partial charge is 0.262 e. The van der Waals surface area contributed by atoms with E-state index in [1.165, 1.54) is 0 Å². The van der Waals surface area contributed by atoms with Crippen molar-refractivity contribution in [2.24, 2.45) is 0 Å². The average molecular weight is 425 g/mol. The summed E-state index contributed by atoms with van der Waals surface area (Å²) in [6.45, 7) is 0.786. The van der Waals surface area contributed by atoms with Gasteiger partial charge in [-0.25, -0.2) is 0 Å². The fourth-order valence-electron chi connectivity index (χ4n) is 3.12. The Bertz CT molecular complexity index is 1130. The molecule has 1 saturated carbocycles. The van der Waals surface area contributed by atoms with Crippen LogP contribution in [0.3, 0.4) is 0 Å². The van der Waals surface area contributed by atoms with Gasteiger partial charge >= 0.3 is 0 Å². The van der Waals surface area contributed by atoms with Crippen LogP contribution in [0.1, 0.15) is 29.5 Å². The van der Waals surface area contributed by atoms with E-state index >= 15 is 0 Å². The molecule has 4 rings (SSSR count). The number of nitrogens with zero attached hydrogens (tertiary/aromatic N) is 1. The summed E-state index contributed by atoms with van der Waals surface area (Å²) in [7, 11) is 0. The maximum absolute atomic E-state index is 12.3. The number of amides is 1. The van der Waals surface area contributed by atoms with Gasteiger partial charge in [-0.05, 0) is 47.7 Å². The molecular formula is C27H24N2O3. The minimum absolute atomic E-state index is 0.0730. The van der Waals surface area contributed by atoms with E-state index in [0.29, 0.717) is 30.3 Å². The highest BCUT2D eigenvalue weighted by Crippen LogP contribution is 2.31. The van der Waals surface area contributed by atoms with Crippen LogP contribution in [0.5, 0.6) is 11.5 Å². The third kappa shape index (κ3) is 5.99. The van der Waals surface area contributed by atoms with Crippen LogP contribution in [0.4, 0.5) is 0 Å². The Morgan fingerprint density at radius 1 is 0.906 bits per heavy atom. The minimum Gasteiger partial charge on any atom is -0.485 e. The summed E-state index contributed by atoms with van der Waals surface area (Å²) in [5, 5.41) is 12.3. The maximum Gasteiger partial charge on any atom is 0.262 e. The van der Waals surface area contributed by atoms with E-state index in [0.717, 1.165) is 24.0 Å². The fraction of sp³-hybridized carbons (Fsp3) is 0.185. The van der Waals surface area contributed by atoms with E-state index in [9.17, 15) is 10.1 Å². The lowest BCUT2D eigenvalue weighted by Gasteiger charge is -2.14. The molecule has 1 fully saturated rings. The molecule has 0 atom stereocenters. The van der Waals surface area contributed by atoms with Crippen LogP contribution in [0.2, 0.25) is 0 Å². The van der Waals surface area contributed by atoms with Gasteiger partial charge in [-0.15, -0.1) is 0 Å². The zero-order valence-corrected chi connectivity index (χ0v) is 17.7. The largest absolute Gasteiger partial charge is 0.485 e. The van der Waals surface area contributed by atoms with Crippen molar-refractivity contribution in [2.45, 2.75) is 32.1 Å². The second kappa shape index (κ2) is 10.3. The van der Waals surface area contributed by atoms with Gasteiger partial charge in [0.25, 0.3) is 5.91 Å². The first-order chi connectivity index (χ1) is 15.7. The van der Waals surface area contributed by atoms with E-state index in [2.05, 4.69) is 5.32 Å². The Morgan fingerprint density at radius 3 is 2.06 bits per heavy atom. The highest BCUT2D eigenvalue weighted by atomic mass is 16.5. The third-order valence-electron chi connectivity index (χ3n) is 5.03. The van der Waals surface area contributed by atoms with Gasteiger partial charge in [0, 0.05) is 6.04 Å². The highest BCUT2D eigenvalue weighted by molar-refractivity contribution is 6.02. The lowest BCUT2D eigenvalue weighted by atomic mass is 10.1. The van der Waals surface area contributed by atoms with Crippen molar-refractivity contribution in [2.75, 3.05) is 0 Å². The number of rotatable bonds is 9. The molecule has 1 N–H and O–H groups in total. The summed E-state index contributed by atoms with van der Waals surface area (Å²) >= 11 is 0. The van der Waals surface area contributed by atoms with Gasteiger partial charge in [0.15, 0.2) is 11.5 Å². The van der Waals surface area contributed by atoms with Crippen molar-refractivity contribution in [3.63, 3.8) is 0 Å². The van der Waals surface area contributed by atoms with Gasteiger partial charge in [0.2, 0.25) is 0 Å².